The van der Waals surface area contributed by atoms with Crippen LogP contribution in [0.4, 0.5) is 0 Å². The molecule has 61 heavy (non-hydrogen) atoms. The molecule has 4 aliphatic carbocycles. The minimum atomic E-state index is -1.73. The average molecular weight is 939 g/mol. The van der Waals surface area contributed by atoms with Crippen LogP contribution in [-0.2, 0) is 24.7 Å². The van der Waals surface area contributed by atoms with E-state index in [0.29, 0.717) is 35.1 Å². The molecule has 10 nitrogen and oxygen atoms in total. The number of para-hydroxylation sites is 1. The van der Waals surface area contributed by atoms with Crippen molar-refractivity contribution >= 4 is 40.2 Å². The monoisotopic (exact) mass is 937 g/mol. The maximum absolute atomic E-state index is 13.4. The van der Waals surface area contributed by atoms with Gasteiger partial charge in [-0.3, -0.25) is 9.59 Å². The highest BCUT2D eigenvalue weighted by atomic mass is 79.9. The van der Waals surface area contributed by atoms with E-state index < -0.39 is 41.1 Å². The quantitative estimate of drug-likeness (QED) is 0.129. The van der Waals surface area contributed by atoms with Crippen LogP contribution in [0.25, 0.3) is 0 Å². The van der Waals surface area contributed by atoms with Gasteiger partial charge in [-0.2, -0.15) is 0 Å². The number of fused-ring (bicyclic) bond motifs is 8. The van der Waals surface area contributed by atoms with Gasteiger partial charge in [0.25, 0.3) is 0 Å². The fraction of sp³-hybridized carbons (Fsp3) is 0.562. The summed E-state index contributed by atoms with van der Waals surface area (Å²) < 4.78 is 13.0. The molecule has 0 unspecified atom stereocenters. The van der Waals surface area contributed by atoms with E-state index in [1.807, 2.05) is 78.4 Å². The fourth-order valence-electron chi connectivity index (χ4n) is 12.6. The van der Waals surface area contributed by atoms with Gasteiger partial charge in [0.15, 0.2) is 17.7 Å². The Morgan fingerprint density at radius 2 is 1.66 bits per heavy atom. The number of aliphatic hydroxyl groups excluding tert-OH is 2. The molecule has 3 saturated heterocycles. The number of aliphatic hydroxyl groups is 4. The third-order valence-corrected chi connectivity index (χ3v) is 17.7. The Kier molecular flexibility index (Phi) is 13.5. The summed E-state index contributed by atoms with van der Waals surface area (Å²) in [5.41, 5.74) is -3.32. The highest BCUT2D eigenvalue weighted by molar-refractivity contribution is 7.12. The van der Waals surface area contributed by atoms with E-state index in [1.165, 1.54) is 22.7 Å². The molecular formula is C48H60BrNO9S2. The molecule has 330 valence electrons. The predicted octanol–water partition coefficient (Wildman–Crippen LogP) is 3.47. The van der Waals surface area contributed by atoms with Crippen molar-refractivity contribution in [2.45, 2.75) is 89.1 Å². The number of halogens is 1. The average Bonchev–Trinajstić information content (AvgIpc) is 4.04. The first-order valence-electron chi connectivity index (χ1n) is 21.7. The molecule has 2 bridgehead atoms. The molecular weight excluding hydrogens is 879 g/mol. The molecule has 0 amide bonds. The highest BCUT2D eigenvalue weighted by Gasteiger charge is 2.68. The number of thiophene rings is 2. The number of nitrogens with zero attached hydrogens (tertiary/aromatic N) is 1. The van der Waals surface area contributed by atoms with Crippen LogP contribution in [-0.4, -0.2) is 99.6 Å². The van der Waals surface area contributed by atoms with Crippen LogP contribution < -0.4 is 21.7 Å². The molecule has 1 aromatic carbocycles. The lowest BCUT2D eigenvalue weighted by molar-refractivity contribution is -0.946. The van der Waals surface area contributed by atoms with Gasteiger partial charge in [-0.15, -0.1) is 22.7 Å². The largest absolute Gasteiger partial charge is 1.00 e. The van der Waals surface area contributed by atoms with Crippen LogP contribution in [0.2, 0.25) is 0 Å². The van der Waals surface area contributed by atoms with Crippen molar-refractivity contribution in [3.05, 3.63) is 98.9 Å². The van der Waals surface area contributed by atoms with Crippen LogP contribution >= 0.6 is 22.7 Å². The Labute approximate surface area is 377 Å². The number of rotatable bonds is 11. The lowest BCUT2D eigenvalue weighted by atomic mass is 9.45. The number of piperidine rings is 3. The van der Waals surface area contributed by atoms with Crippen molar-refractivity contribution < 1.29 is 65.7 Å². The third-order valence-electron chi connectivity index (χ3n) is 15.7. The number of hydrogen-bond donors (Lipinski definition) is 4. The zero-order valence-electron chi connectivity index (χ0n) is 35.3. The van der Waals surface area contributed by atoms with E-state index in [4.69, 9.17) is 9.47 Å². The van der Waals surface area contributed by atoms with Gasteiger partial charge < -0.3 is 51.4 Å². The molecule has 9 atom stereocenters. The fourth-order valence-corrected chi connectivity index (χ4v) is 14.3. The Balaban J connectivity index is 0.000000185. The van der Waals surface area contributed by atoms with Gasteiger partial charge in [0.05, 0.1) is 42.1 Å². The summed E-state index contributed by atoms with van der Waals surface area (Å²) in [7, 11) is 0. The maximum Gasteiger partial charge on any atom is 0.349 e. The summed E-state index contributed by atoms with van der Waals surface area (Å²) in [5.74, 6) is 0.664. The molecule has 3 saturated carbocycles. The van der Waals surface area contributed by atoms with Crippen molar-refractivity contribution in [2.24, 2.45) is 40.4 Å². The van der Waals surface area contributed by atoms with Gasteiger partial charge in [-0.1, -0.05) is 62.8 Å². The van der Waals surface area contributed by atoms with E-state index in [2.05, 4.69) is 13.8 Å². The van der Waals surface area contributed by atoms with Crippen molar-refractivity contribution in [3.63, 3.8) is 0 Å². The van der Waals surface area contributed by atoms with Gasteiger partial charge in [0, 0.05) is 41.9 Å². The number of esters is 1. The van der Waals surface area contributed by atoms with Crippen LogP contribution in [0, 0.1) is 40.4 Å². The second-order valence-electron chi connectivity index (χ2n) is 18.9. The van der Waals surface area contributed by atoms with Gasteiger partial charge in [0.2, 0.25) is 5.60 Å². The lowest BCUT2D eigenvalue weighted by Crippen LogP contribution is -3.00. The first kappa shape index (κ1) is 46.0. The van der Waals surface area contributed by atoms with Crippen molar-refractivity contribution in [1.29, 1.82) is 0 Å². The van der Waals surface area contributed by atoms with Gasteiger partial charge >= 0.3 is 5.97 Å². The number of ether oxygens (including phenoxy) is 2. The molecule has 7 aliphatic rings. The molecule has 5 heterocycles. The highest BCUT2D eigenvalue weighted by Crippen LogP contribution is 2.67. The molecule has 4 N–H and O–H groups in total. The van der Waals surface area contributed by atoms with E-state index in [1.54, 1.807) is 12.2 Å². The summed E-state index contributed by atoms with van der Waals surface area (Å²) in [6, 6.07) is 17.3. The predicted molar refractivity (Wildman–Crippen MR) is 230 cm³/mol. The maximum atomic E-state index is 13.4. The van der Waals surface area contributed by atoms with E-state index in [9.17, 15) is 34.8 Å². The van der Waals surface area contributed by atoms with Crippen LogP contribution in [0.3, 0.4) is 0 Å². The van der Waals surface area contributed by atoms with Crippen molar-refractivity contribution in [2.75, 3.05) is 39.4 Å². The zero-order valence-corrected chi connectivity index (χ0v) is 38.5. The normalized spacial score (nSPS) is 36.0. The van der Waals surface area contributed by atoms with E-state index in [0.717, 1.165) is 74.1 Å². The minimum absolute atomic E-state index is 0. The second-order valence-corrected chi connectivity index (χ2v) is 20.8. The number of carbonyl (C=O) groups is 3. The number of allylic oxidation sites excluding steroid dienone is 4. The van der Waals surface area contributed by atoms with Gasteiger partial charge in [-0.05, 0) is 90.6 Å². The summed E-state index contributed by atoms with van der Waals surface area (Å²) in [6.07, 6.45) is 9.81. The summed E-state index contributed by atoms with van der Waals surface area (Å²) in [6.45, 7) is 10.3. The molecule has 0 radical (unpaired) electrons. The summed E-state index contributed by atoms with van der Waals surface area (Å²) in [4.78, 5) is 39.0. The Morgan fingerprint density at radius 3 is 2.28 bits per heavy atom. The number of quaternary nitrogens is 1. The summed E-state index contributed by atoms with van der Waals surface area (Å²) >= 11 is 2.77. The molecule has 10 rings (SSSR count). The first-order chi connectivity index (χ1) is 28.7. The SMILES string of the molecule is C[C@H]1C[C@@H]2[C@H]([C@@H](O)C[C@@]3(C)[C@H]2CC[C@]3(O)C(=O)CO)[C@@]2(C)C=CC(=O)C=C12.O=C(O[C@@H]1C[N+]2(CCCOc3ccccc3)CCC1CC2)C(O)(c1cccs1)c1cccs1.[Br-]. The van der Waals surface area contributed by atoms with Crippen molar-refractivity contribution in [3.8, 4) is 5.75 Å². The smallest absolute Gasteiger partial charge is 0.349 e. The minimum Gasteiger partial charge on any atom is -1.00 e. The van der Waals surface area contributed by atoms with Crippen LogP contribution in [0.5, 0.6) is 5.75 Å². The van der Waals surface area contributed by atoms with Gasteiger partial charge in [0.1, 0.15) is 24.5 Å². The number of hydrogen-bond acceptors (Lipinski definition) is 11. The topological polar surface area (TPSA) is 151 Å². The van der Waals surface area contributed by atoms with E-state index in [-0.39, 0.29) is 58.0 Å². The molecule has 13 heteroatoms. The number of benzene rings is 1. The second kappa shape index (κ2) is 17.9. The number of carbonyl (C=O) groups excluding carboxylic acids is 3. The van der Waals surface area contributed by atoms with Crippen LogP contribution in [0.1, 0.15) is 75.5 Å². The Morgan fingerprint density at radius 1 is 0.984 bits per heavy atom. The third kappa shape index (κ3) is 8.09. The lowest BCUT2D eigenvalue weighted by Gasteiger charge is -2.60. The summed E-state index contributed by atoms with van der Waals surface area (Å²) in [5, 5.41) is 47.2. The zero-order chi connectivity index (χ0) is 42.5. The Hall–Kier alpha value is -3.01. The molecule has 3 aromatic rings. The Bertz CT molecular complexity index is 2050. The molecule has 3 aliphatic heterocycles. The van der Waals surface area contributed by atoms with E-state index >= 15 is 0 Å². The first-order valence-corrected chi connectivity index (χ1v) is 23.5. The molecule has 0 spiro atoms. The molecule has 2 aromatic heterocycles. The van der Waals surface area contributed by atoms with Crippen molar-refractivity contribution in [1.82, 2.24) is 0 Å². The standard InChI is InChI=1S/C26H30NO4S2.C22H30O5.BrH/c28-25(26(29,23-9-4-17-32-23)24-10-5-18-33-24)31-22-19-27(14-11-20(22)12-15-27)13-6-16-30-21-7-2-1-3-8-21;1-12-8-14-15-5-7-22(27,18(26)11-23)21(15,3)10-17(25)19(14)20(2)6-4-13(24)9-16(12)20;/h1-5,7-10,17-18,20,22,29H,6,11-16,19H2;4,6,9,12,14-15,17,19,23,25,27H,5,7-8,10-11H2,1-3H3;1H/q+1;;/p-1/t20?,22-,27?;12-,14-,15-,17-,19+,20-,21-,22-;/m10./s1. The van der Waals surface area contributed by atoms with Crippen LogP contribution in [0.15, 0.2) is 89.2 Å². The van der Waals surface area contributed by atoms with Gasteiger partial charge in [-0.25, -0.2) is 4.79 Å². The molecule has 6 fully saturated rings. The number of Topliss-reactive ketones (excluding diaryl/α,β-unsaturated/α-hetero) is 1. The number of ketones is 2.